The number of fused-ring (bicyclic) bond motifs is 1. The van der Waals surface area contributed by atoms with E-state index in [-0.39, 0.29) is 17.1 Å². The van der Waals surface area contributed by atoms with Crippen molar-refractivity contribution < 1.29 is 4.39 Å². The van der Waals surface area contributed by atoms with Gasteiger partial charge in [-0.2, -0.15) is 0 Å². The van der Waals surface area contributed by atoms with Crippen molar-refractivity contribution >= 4 is 34.5 Å². The summed E-state index contributed by atoms with van der Waals surface area (Å²) in [6, 6.07) is 4.56. The molecule has 3 aromatic rings. The second-order valence-corrected chi connectivity index (χ2v) is 8.45. The van der Waals surface area contributed by atoms with E-state index in [9.17, 15) is 14.0 Å². The molecule has 0 atom stereocenters. The van der Waals surface area contributed by atoms with Crippen LogP contribution < -0.4 is 11.2 Å². The van der Waals surface area contributed by atoms with Gasteiger partial charge in [0.15, 0.2) is 16.3 Å². The lowest BCUT2D eigenvalue weighted by molar-refractivity contribution is 0.502. The molecule has 9 heteroatoms. The van der Waals surface area contributed by atoms with E-state index < -0.39 is 5.69 Å². The SMILES string of the molecule is CC(C)CCn1c(SCc2c(F)cccc2Cl)nc2c1c(=O)n(C)c(=O)n2C. The number of aromatic nitrogens is 4. The molecule has 3 rings (SSSR count). The van der Waals surface area contributed by atoms with Gasteiger partial charge in [-0.1, -0.05) is 43.3 Å². The molecule has 28 heavy (non-hydrogen) atoms. The van der Waals surface area contributed by atoms with Crippen LogP contribution in [0.25, 0.3) is 11.2 Å². The molecule has 0 spiro atoms. The fourth-order valence-electron chi connectivity index (χ4n) is 2.94. The first-order valence-corrected chi connectivity index (χ1v) is 10.3. The molecule has 0 fully saturated rings. The van der Waals surface area contributed by atoms with Crippen LogP contribution in [0.3, 0.4) is 0 Å². The Hall–Kier alpha value is -2.06. The van der Waals surface area contributed by atoms with Crippen molar-refractivity contribution in [2.24, 2.45) is 20.0 Å². The van der Waals surface area contributed by atoms with E-state index in [0.29, 0.717) is 39.4 Å². The summed E-state index contributed by atoms with van der Waals surface area (Å²) < 4.78 is 18.4. The lowest BCUT2D eigenvalue weighted by Gasteiger charge is -2.11. The second kappa shape index (κ2) is 8.13. The van der Waals surface area contributed by atoms with Gasteiger partial charge in [0.05, 0.1) is 0 Å². The van der Waals surface area contributed by atoms with Crippen LogP contribution >= 0.6 is 23.4 Å². The third kappa shape index (κ3) is 3.75. The van der Waals surface area contributed by atoms with Crippen molar-refractivity contribution in [3.63, 3.8) is 0 Å². The second-order valence-electron chi connectivity index (χ2n) is 7.10. The monoisotopic (exact) mass is 424 g/mol. The van der Waals surface area contributed by atoms with Crippen LogP contribution in [0.1, 0.15) is 25.8 Å². The van der Waals surface area contributed by atoms with Crippen LogP contribution in [0, 0.1) is 11.7 Å². The van der Waals surface area contributed by atoms with Gasteiger partial charge < -0.3 is 4.57 Å². The Morgan fingerprint density at radius 1 is 1.21 bits per heavy atom. The van der Waals surface area contributed by atoms with E-state index in [4.69, 9.17) is 11.6 Å². The summed E-state index contributed by atoms with van der Waals surface area (Å²) in [5.74, 6) is 0.311. The molecule has 0 radical (unpaired) electrons. The summed E-state index contributed by atoms with van der Waals surface area (Å²) in [5.41, 5.74) is 0.287. The minimum absolute atomic E-state index is 0.269. The van der Waals surface area contributed by atoms with Crippen molar-refractivity contribution in [2.75, 3.05) is 0 Å². The lowest BCUT2D eigenvalue weighted by atomic mass is 10.1. The molecule has 0 unspecified atom stereocenters. The van der Waals surface area contributed by atoms with E-state index >= 15 is 0 Å². The Labute approximate surface area is 171 Å². The highest BCUT2D eigenvalue weighted by Crippen LogP contribution is 2.30. The number of halogens is 2. The van der Waals surface area contributed by atoms with Gasteiger partial charge in [-0.25, -0.2) is 14.2 Å². The highest BCUT2D eigenvalue weighted by molar-refractivity contribution is 7.98. The van der Waals surface area contributed by atoms with Crippen LogP contribution in [0.4, 0.5) is 4.39 Å². The number of imidazole rings is 1. The molecule has 1 aromatic carbocycles. The summed E-state index contributed by atoms with van der Waals surface area (Å²) in [4.78, 5) is 29.6. The number of hydrogen-bond donors (Lipinski definition) is 0. The third-order valence-corrected chi connectivity index (χ3v) is 6.01. The van der Waals surface area contributed by atoms with Gasteiger partial charge in [0.1, 0.15) is 5.82 Å². The molecule has 0 aliphatic rings. The highest BCUT2D eigenvalue weighted by Gasteiger charge is 2.20. The molecule has 150 valence electrons. The van der Waals surface area contributed by atoms with E-state index in [1.807, 2.05) is 4.57 Å². The first-order valence-electron chi connectivity index (χ1n) is 8.94. The number of aryl methyl sites for hydroxylation is 2. The zero-order valence-electron chi connectivity index (χ0n) is 16.2. The van der Waals surface area contributed by atoms with Gasteiger partial charge in [-0.3, -0.25) is 13.9 Å². The summed E-state index contributed by atoms with van der Waals surface area (Å²) in [6.45, 7) is 4.77. The molecule has 0 bridgehead atoms. The van der Waals surface area contributed by atoms with Crippen LogP contribution in [-0.4, -0.2) is 18.7 Å². The molecule has 0 aliphatic carbocycles. The maximum absolute atomic E-state index is 14.1. The smallest absolute Gasteiger partial charge is 0.313 e. The van der Waals surface area contributed by atoms with Crippen molar-refractivity contribution in [1.29, 1.82) is 0 Å². The van der Waals surface area contributed by atoms with Gasteiger partial charge in [-0.05, 0) is 24.5 Å². The number of rotatable bonds is 6. The average molecular weight is 425 g/mol. The third-order valence-electron chi connectivity index (χ3n) is 4.65. The predicted octanol–water partition coefficient (Wildman–Crippen LogP) is 3.56. The average Bonchev–Trinajstić information content (AvgIpc) is 3.01. The molecule has 0 amide bonds. The molecule has 6 nitrogen and oxygen atoms in total. The quantitative estimate of drug-likeness (QED) is 0.567. The molecular weight excluding hydrogens is 403 g/mol. The topological polar surface area (TPSA) is 61.8 Å². The Kier molecular flexibility index (Phi) is 6.00. The fourth-order valence-corrected chi connectivity index (χ4v) is 4.30. The molecular formula is C19H22ClFN4O2S. The van der Waals surface area contributed by atoms with E-state index in [2.05, 4.69) is 18.8 Å². The lowest BCUT2D eigenvalue weighted by Crippen LogP contribution is -2.37. The van der Waals surface area contributed by atoms with E-state index in [1.54, 1.807) is 19.2 Å². The molecule has 2 heterocycles. The van der Waals surface area contributed by atoms with Crippen LogP contribution in [0.2, 0.25) is 5.02 Å². The normalized spacial score (nSPS) is 11.7. The van der Waals surface area contributed by atoms with Gasteiger partial charge >= 0.3 is 5.69 Å². The Morgan fingerprint density at radius 3 is 2.57 bits per heavy atom. The minimum atomic E-state index is -0.431. The zero-order chi connectivity index (χ0) is 20.6. The molecule has 0 aliphatic heterocycles. The summed E-state index contributed by atoms with van der Waals surface area (Å²) in [7, 11) is 3.04. The minimum Gasteiger partial charge on any atom is -0.313 e. The summed E-state index contributed by atoms with van der Waals surface area (Å²) in [6.07, 6.45) is 0.839. The van der Waals surface area contributed by atoms with Crippen LogP contribution in [0.5, 0.6) is 0 Å². The first-order chi connectivity index (χ1) is 13.2. The maximum atomic E-state index is 14.1. The highest BCUT2D eigenvalue weighted by atomic mass is 35.5. The Bertz CT molecular complexity index is 1130. The van der Waals surface area contributed by atoms with Gasteiger partial charge in [-0.15, -0.1) is 0 Å². The van der Waals surface area contributed by atoms with Crippen LogP contribution in [0.15, 0.2) is 32.9 Å². The van der Waals surface area contributed by atoms with Gasteiger partial charge in [0.25, 0.3) is 5.56 Å². The van der Waals surface area contributed by atoms with Gasteiger partial charge in [0.2, 0.25) is 0 Å². The number of hydrogen-bond acceptors (Lipinski definition) is 4. The largest absolute Gasteiger partial charge is 0.332 e. The molecule has 2 aromatic heterocycles. The first kappa shape index (κ1) is 20.7. The number of nitrogens with zero attached hydrogens (tertiary/aromatic N) is 4. The molecule has 0 saturated carbocycles. The molecule has 0 saturated heterocycles. The van der Waals surface area contributed by atoms with Crippen molar-refractivity contribution in [2.45, 2.75) is 37.7 Å². The summed E-state index contributed by atoms with van der Waals surface area (Å²) in [5, 5.41) is 0.911. The standard InChI is InChI=1S/C19H22ClFN4O2S/c1-11(2)8-9-25-15-16(23(3)19(27)24(4)17(15)26)22-18(25)28-10-12-13(20)6-5-7-14(12)21/h5-7,11H,8-10H2,1-4H3. The summed E-state index contributed by atoms with van der Waals surface area (Å²) >= 11 is 7.43. The van der Waals surface area contributed by atoms with Gasteiger partial charge in [0, 0.05) is 37.0 Å². The van der Waals surface area contributed by atoms with Crippen molar-refractivity contribution in [1.82, 2.24) is 18.7 Å². The van der Waals surface area contributed by atoms with E-state index in [0.717, 1.165) is 11.0 Å². The zero-order valence-corrected chi connectivity index (χ0v) is 17.8. The Morgan fingerprint density at radius 2 is 1.93 bits per heavy atom. The maximum Gasteiger partial charge on any atom is 0.332 e. The van der Waals surface area contributed by atoms with Crippen molar-refractivity contribution in [3.8, 4) is 0 Å². The number of thioether (sulfide) groups is 1. The molecule has 0 N–H and O–H groups in total. The Balaban J connectivity index is 2.11. The van der Waals surface area contributed by atoms with Crippen molar-refractivity contribution in [3.05, 3.63) is 55.4 Å². The van der Waals surface area contributed by atoms with E-state index in [1.165, 1.54) is 29.4 Å². The van der Waals surface area contributed by atoms with Crippen LogP contribution in [-0.2, 0) is 26.4 Å². The number of benzene rings is 1. The fraction of sp³-hybridized carbons (Fsp3) is 0.421. The predicted molar refractivity (Wildman–Crippen MR) is 111 cm³/mol.